The third kappa shape index (κ3) is 3.12. The maximum atomic E-state index is 6.06. The molecule has 1 aliphatic heterocycles. The normalized spacial score (nSPS) is 22.0. The van der Waals surface area contributed by atoms with Crippen molar-refractivity contribution < 1.29 is 4.74 Å². The Hall–Kier alpha value is -0.870. The first-order chi connectivity index (χ1) is 8.17. The number of nitrogens with zero attached hydrogens (tertiary/aromatic N) is 3. The van der Waals surface area contributed by atoms with Crippen molar-refractivity contribution in [1.29, 1.82) is 0 Å². The van der Waals surface area contributed by atoms with Gasteiger partial charge in [0, 0.05) is 19.2 Å². The Morgan fingerprint density at radius 3 is 2.22 bits per heavy atom. The number of hydrogen-bond donors (Lipinski definition) is 0. The molecule has 1 saturated heterocycles. The monoisotopic (exact) mass is 269 g/mol. The van der Waals surface area contributed by atoms with Crippen LogP contribution in [-0.2, 0) is 4.74 Å². The number of halogens is 1. The van der Waals surface area contributed by atoms with Crippen LogP contribution in [0.2, 0.25) is 5.15 Å². The van der Waals surface area contributed by atoms with E-state index in [2.05, 4.69) is 42.6 Å². The van der Waals surface area contributed by atoms with Gasteiger partial charge < -0.3 is 9.64 Å². The molecule has 4 nitrogen and oxygen atoms in total. The van der Waals surface area contributed by atoms with Gasteiger partial charge in [0.15, 0.2) is 0 Å². The maximum Gasteiger partial charge on any atom is 0.134 e. The number of ether oxygens (including phenoxy) is 1. The summed E-state index contributed by atoms with van der Waals surface area (Å²) in [5.74, 6) is 1.57. The lowest BCUT2D eigenvalue weighted by molar-refractivity contribution is -0.133. The summed E-state index contributed by atoms with van der Waals surface area (Å²) in [7, 11) is 0. The van der Waals surface area contributed by atoms with E-state index in [0.717, 1.165) is 18.9 Å². The van der Waals surface area contributed by atoms with E-state index < -0.39 is 0 Å². The van der Waals surface area contributed by atoms with Crippen LogP contribution in [0.25, 0.3) is 0 Å². The lowest BCUT2D eigenvalue weighted by atomic mass is 9.99. The fourth-order valence-electron chi connectivity index (χ4n) is 2.63. The van der Waals surface area contributed by atoms with Gasteiger partial charge in [-0.05, 0) is 34.6 Å². The molecule has 1 aromatic heterocycles. The third-order valence-corrected chi connectivity index (χ3v) is 3.01. The molecule has 0 unspecified atom stereocenters. The van der Waals surface area contributed by atoms with Crippen LogP contribution in [0.4, 0.5) is 5.82 Å². The van der Waals surface area contributed by atoms with Crippen molar-refractivity contribution in [1.82, 2.24) is 9.97 Å². The topological polar surface area (TPSA) is 38.2 Å². The molecular formula is C13H20ClN3O. The first-order valence-electron chi connectivity index (χ1n) is 6.13. The Morgan fingerprint density at radius 2 is 1.72 bits per heavy atom. The van der Waals surface area contributed by atoms with Crippen LogP contribution in [0.3, 0.4) is 0 Å². The van der Waals surface area contributed by atoms with Gasteiger partial charge in [0.2, 0.25) is 0 Å². The van der Waals surface area contributed by atoms with Crippen LogP contribution >= 0.6 is 11.6 Å². The number of morpholine rings is 1. The van der Waals surface area contributed by atoms with Gasteiger partial charge in [0.1, 0.15) is 16.8 Å². The quantitative estimate of drug-likeness (QED) is 0.735. The van der Waals surface area contributed by atoms with E-state index >= 15 is 0 Å². The molecule has 0 N–H and O–H groups in total. The van der Waals surface area contributed by atoms with Crippen LogP contribution in [0.5, 0.6) is 0 Å². The molecule has 0 atom stereocenters. The Labute approximate surface area is 113 Å². The van der Waals surface area contributed by atoms with Crippen molar-refractivity contribution in [3.05, 3.63) is 17.0 Å². The smallest absolute Gasteiger partial charge is 0.134 e. The van der Waals surface area contributed by atoms with Crippen LogP contribution in [0.1, 0.15) is 33.5 Å². The van der Waals surface area contributed by atoms with E-state index in [1.54, 1.807) is 0 Å². The molecule has 1 aromatic rings. The zero-order valence-electron chi connectivity index (χ0n) is 11.6. The molecule has 2 heterocycles. The molecule has 0 radical (unpaired) electrons. The van der Waals surface area contributed by atoms with Gasteiger partial charge in [-0.25, -0.2) is 9.97 Å². The second-order valence-electron chi connectivity index (χ2n) is 6.07. The summed E-state index contributed by atoms with van der Waals surface area (Å²) in [6.07, 6.45) is 0. The molecule has 0 bridgehead atoms. The van der Waals surface area contributed by atoms with Gasteiger partial charge >= 0.3 is 0 Å². The Bertz CT molecular complexity index is 423. The van der Waals surface area contributed by atoms with Crippen molar-refractivity contribution >= 4 is 17.4 Å². The van der Waals surface area contributed by atoms with Gasteiger partial charge in [-0.3, -0.25) is 0 Å². The van der Waals surface area contributed by atoms with E-state index in [4.69, 9.17) is 16.3 Å². The van der Waals surface area contributed by atoms with Gasteiger partial charge in [-0.1, -0.05) is 11.6 Å². The molecule has 0 saturated carbocycles. The van der Waals surface area contributed by atoms with E-state index in [0.29, 0.717) is 11.0 Å². The summed E-state index contributed by atoms with van der Waals surface area (Å²) >= 11 is 6.00. The Balaban J connectivity index is 2.32. The highest BCUT2D eigenvalue weighted by atomic mass is 35.5. The molecular weight excluding hydrogens is 250 g/mol. The van der Waals surface area contributed by atoms with Crippen molar-refractivity contribution in [2.24, 2.45) is 0 Å². The Morgan fingerprint density at radius 1 is 1.17 bits per heavy atom. The number of anilines is 1. The second kappa shape index (κ2) is 4.35. The number of rotatable bonds is 1. The van der Waals surface area contributed by atoms with Crippen molar-refractivity contribution in [3.63, 3.8) is 0 Å². The number of aryl methyl sites for hydroxylation is 1. The average Bonchev–Trinajstić information content (AvgIpc) is 2.10. The van der Waals surface area contributed by atoms with E-state index in [9.17, 15) is 0 Å². The molecule has 1 aliphatic rings. The van der Waals surface area contributed by atoms with Crippen LogP contribution in [-0.4, -0.2) is 34.3 Å². The summed E-state index contributed by atoms with van der Waals surface area (Å²) in [6, 6.07) is 1.81. The highest BCUT2D eigenvalue weighted by molar-refractivity contribution is 6.29. The first kappa shape index (κ1) is 13.6. The van der Waals surface area contributed by atoms with Gasteiger partial charge in [0.05, 0.1) is 11.2 Å². The lowest BCUT2D eigenvalue weighted by Crippen LogP contribution is -2.57. The molecule has 0 amide bonds. The molecule has 18 heavy (non-hydrogen) atoms. The Kier molecular flexibility index (Phi) is 3.28. The number of hydrogen-bond acceptors (Lipinski definition) is 4. The van der Waals surface area contributed by atoms with Crippen LogP contribution in [0.15, 0.2) is 6.07 Å². The fourth-order valence-corrected chi connectivity index (χ4v) is 2.85. The van der Waals surface area contributed by atoms with Crippen LogP contribution in [0, 0.1) is 6.92 Å². The zero-order valence-corrected chi connectivity index (χ0v) is 12.4. The summed E-state index contributed by atoms with van der Waals surface area (Å²) in [5.41, 5.74) is -0.403. The molecule has 100 valence electrons. The number of aromatic nitrogens is 2. The predicted octanol–water partition coefficient (Wildman–Crippen LogP) is 2.83. The summed E-state index contributed by atoms with van der Waals surface area (Å²) in [5, 5.41) is 0.486. The molecule has 0 aliphatic carbocycles. The summed E-state index contributed by atoms with van der Waals surface area (Å²) < 4.78 is 6.06. The predicted molar refractivity (Wildman–Crippen MR) is 73.2 cm³/mol. The van der Waals surface area contributed by atoms with E-state index in [1.165, 1.54) is 0 Å². The van der Waals surface area contributed by atoms with Gasteiger partial charge in [-0.15, -0.1) is 0 Å². The third-order valence-electron chi connectivity index (χ3n) is 2.81. The lowest BCUT2D eigenvalue weighted by Gasteiger charge is -2.47. The largest absolute Gasteiger partial charge is 0.366 e. The minimum atomic E-state index is -0.201. The summed E-state index contributed by atoms with van der Waals surface area (Å²) in [4.78, 5) is 10.8. The highest BCUT2D eigenvalue weighted by Crippen LogP contribution is 2.31. The zero-order chi connectivity index (χ0) is 13.6. The minimum Gasteiger partial charge on any atom is -0.366 e. The molecule has 1 fully saturated rings. The molecule has 0 aromatic carbocycles. The summed E-state index contributed by atoms with van der Waals surface area (Å²) in [6.45, 7) is 11.8. The highest BCUT2D eigenvalue weighted by Gasteiger charge is 2.38. The van der Waals surface area contributed by atoms with Gasteiger partial charge in [0.25, 0.3) is 0 Å². The molecule has 2 rings (SSSR count). The first-order valence-corrected chi connectivity index (χ1v) is 6.51. The van der Waals surface area contributed by atoms with E-state index in [1.807, 2.05) is 13.0 Å². The standard InChI is InChI=1S/C13H20ClN3O/c1-9-15-10(14)6-11(16-9)17-7-12(2,3)18-13(4,5)8-17/h6H,7-8H2,1-5H3. The minimum absolute atomic E-state index is 0.201. The second-order valence-corrected chi connectivity index (χ2v) is 6.46. The van der Waals surface area contributed by atoms with Crippen molar-refractivity contribution in [2.75, 3.05) is 18.0 Å². The fraction of sp³-hybridized carbons (Fsp3) is 0.692. The maximum absolute atomic E-state index is 6.06. The van der Waals surface area contributed by atoms with Crippen molar-refractivity contribution in [2.45, 2.75) is 45.8 Å². The van der Waals surface area contributed by atoms with Crippen LogP contribution < -0.4 is 4.90 Å². The van der Waals surface area contributed by atoms with Crippen molar-refractivity contribution in [3.8, 4) is 0 Å². The van der Waals surface area contributed by atoms with Gasteiger partial charge in [-0.2, -0.15) is 0 Å². The average molecular weight is 270 g/mol. The molecule has 5 heteroatoms. The SMILES string of the molecule is Cc1nc(Cl)cc(N2CC(C)(C)OC(C)(C)C2)n1. The van der Waals surface area contributed by atoms with E-state index in [-0.39, 0.29) is 11.2 Å². The molecule has 0 spiro atoms.